The molecule has 0 fully saturated rings. The van der Waals surface area contributed by atoms with Gasteiger partial charge in [-0.25, -0.2) is 9.67 Å². The van der Waals surface area contributed by atoms with Crippen LogP contribution in [0.1, 0.15) is 17.1 Å². The van der Waals surface area contributed by atoms with Gasteiger partial charge in [0.05, 0.1) is 22.1 Å². The summed E-state index contributed by atoms with van der Waals surface area (Å²) < 4.78 is 10.3. The Hall–Kier alpha value is -3.59. The molecular formula is C19H15N7OS. The Morgan fingerprint density at radius 1 is 1.14 bits per heavy atom. The number of rotatable bonds is 4. The van der Waals surface area contributed by atoms with Gasteiger partial charge >= 0.3 is 0 Å². The third kappa shape index (κ3) is 2.91. The first-order valence-electron chi connectivity index (χ1n) is 8.61. The fourth-order valence-electron chi connectivity index (χ4n) is 2.91. The lowest BCUT2D eigenvalue weighted by atomic mass is 10.3. The van der Waals surface area contributed by atoms with E-state index in [1.807, 2.05) is 56.3 Å². The van der Waals surface area contributed by atoms with E-state index >= 15 is 0 Å². The molecule has 0 saturated carbocycles. The second-order valence-electron chi connectivity index (χ2n) is 6.25. The third-order valence-electron chi connectivity index (χ3n) is 4.15. The van der Waals surface area contributed by atoms with Crippen LogP contribution >= 0.6 is 11.3 Å². The van der Waals surface area contributed by atoms with E-state index in [0.717, 1.165) is 26.6 Å². The molecule has 9 heteroatoms. The molecule has 4 aromatic heterocycles. The van der Waals surface area contributed by atoms with Crippen LogP contribution in [0.3, 0.4) is 0 Å². The van der Waals surface area contributed by atoms with Crippen molar-refractivity contribution < 1.29 is 4.42 Å². The lowest BCUT2D eigenvalue weighted by Gasteiger charge is -2.01. The Kier molecular flexibility index (Phi) is 3.87. The van der Waals surface area contributed by atoms with Crippen molar-refractivity contribution >= 4 is 27.8 Å². The van der Waals surface area contributed by atoms with Crippen LogP contribution in [0.5, 0.6) is 0 Å². The van der Waals surface area contributed by atoms with Crippen molar-refractivity contribution in [2.45, 2.75) is 13.8 Å². The van der Waals surface area contributed by atoms with Crippen molar-refractivity contribution in [1.82, 2.24) is 29.6 Å². The number of hydrogen-bond donors (Lipinski definition) is 0. The molecule has 0 N–H and O–H groups in total. The molecule has 0 aliphatic heterocycles. The van der Waals surface area contributed by atoms with Crippen molar-refractivity contribution in [3.63, 3.8) is 0 Å². The predicted molar refractivity (Wildman–Crippen MR) is 107 cm³/mol. The molecule has 0 bridgehead atoms. The number of aryl methyl sites for hydroxylation is 2. The van der Waals surface area contributed by atoms with Gasteiger partial charge in [-0.05, 0) is 44.2 Å². The standard InChI is InChI=1S/C19H15N7OS/c1-12-9-13(2)26(24-12)19-23-20-11-25(19)21-10-14-7-8-16(27-14)18-22-15-5-3-4-6-17(15)28-18/h3-11H,1-2H3/b21-10-. The summed E-state index contributed by atoms with van der Waals surface area (Å²) in [6.07, 6.45) is 3.15. The molecule has 0 spiro atoms. The smallest absolute Gasteiger partial charge is 0.273 e. The first kappa shape index (κ1) is 16.6. The van der Waals surface area contributed by atoms with E-state index in [9.17, 15) is 0 Å². The number of aromatic nitrogens is 6. The summed E-state index contributed by atoms with van der Waals surface area (Å²) in [5, 5.41) is 17.7. The highest BCUT2D eigenvalue weighted by Gasteiger charge is 2.12. The largest absolute Gasteiger partial charge is 0.453 e. The maximum Gasteiger partial charge on any atom is 0.273 e. The zero-order valence-electron chi connectivity index (χ0n) is 15.1. The van der Waals surface area contributed by atoms with Crippen LogP contribution in [0.2, 0.25) is 0 Å². The fourth-order valence-corrected chi connectivity index (χ4v) is 3.84. The Bertz CT molecular complexity index is 1270. The van der Waals surface area contributed by atoms with Gasteiger partial charge in [0.15, 0.2) is 10.8 Å². The Morgan fingerprint density at radius 3 is 2.86 bits per heavy atom. The van der Waals surface area contributed by atoms with Gasteiger partial charge in [0.1, 0.15) is 12.1 Å². The molecule has 0 aliphatic carbocycles. The summed E-state index contributed by atoms with van der Waals surface area (Å²) in [7, 11) is 0. The zero-order chi connectivity index (χ0) is 19.1. The lowest BCUT2D eigenvalue weighted by molar-refractivity contribution is 0.573. The summed E-state index contributed by atoms with van der Waals surface area (Å²) in [5.74, 6) is 1.84. The molecule has 4 heterocycles. The minimum Gasteiger partial charge on any atom is -0.453 e. The minimum absolute atomic E-state index is 0.514. The van der Waals surface area contributed by atoms with E-state index in [4.69, 9.17) is 4.42 Å². The van der Waals surface area contributed by atoms with Crippen molar-refractivity contribution in [1.29, 1.82) is 0 Å². The fraction of sp³-hybridized carbons (Fsp3) is 0.105. The molecule has 0 amide bonds. The van der Waals surface area contributed by atoms with Gasteiger partial charge in [0, 0.05) is 5.69 Å². The molecule has 0 saturated heterocycles. The molecule has 0 aliphatic rings. The number of hydrogen-bond acceptors (Lipinski definition) is 7. The number of benzene rings is 1. The topological polar surface area (TPSA) is 86.9 Å². The van der Waals surface area contributed by atoms with Crippen LogP contribution in [0.4, 0.5) is 0 Å². The van der Waals surface area contributed by atoms with Gasteiger partial charge in [-0.1, -0.05) is 12.1 Å². The highest BCUT2D eigenvalue weighted by atomic mass is 32.1. The van der Waals surface area contributed by atoms with Crippen LogP contribution < -0.4 is 0 Å². The van der Waals surface area contributed by atoms with Crippen molar-refractivity contribution in [3.8, 4) is 16.7 Å². The predicted octanol–water partition coefficient (Wildman–Crippen LogP) is 3.83. The van der Waals surface area contributed by atoms with Crippen molar-refractivity contribution in [2.75, 3.05) is 0 Å². The van der Waals surface area contributed by atoms with Crippen molar-refractivity contribution in [3.05, 3.63) is 65.9 Å². The normalized spacial score (nSPS) is 11.8. The molecule has 8 nitrogen and oxygen atoms in total. The van der Waals surface area contributed by atoms with Crippen LogP contribution in [0.15, 0.2) is 58.3 Å². The van der Waals surface area contributed by atoms with Gasteiger partial charge in [0.25, 0.3) is 5.95 Å². The first-order chi connectivity index (χ1) is 13.7. The highest BCUT2D eigenvalue weighted by molar-refractivity contribution is 7.21. The van der Waals surface area contributed by atoms with E-state index < -0.39 is 0 Å². The molecule has 0 atom stereocenters. The van der Waals surface area contributed by atoms with Gasteiger partial charge in [-0.2, -0.15) is 14.9 Å². The molecule has 138 valence electrons. The lowest BCUT2D eigenvalue weighted by Crippen LogP contribution is -2.06. The Labute approximate surface area is 163 Å². The van der Waals surface area contributed by atoms with Crippen LogP contribution in [-0.2, 0) is 0 Å². The maximum atomic E-state index is 5.89. The number of nitrogens with zero attached hydrogens (tertiary/aromatic N) is 7. The summed E-state index contributed by atoms with van der Waals surface area (Å²) in [6.45, 7) is 3.89. The molecule has 0 unspecified atom stereocenters. The molecule has 28 heavy (non-hydrogen) atoms. The summed E-state index contributed by atoms with van der Waals surface area (Å²) in [5.41, 5.74) is 2.83. The van der Waals surface area contributed by atoms with Gasteiger partial charge in [-0.3, -0.25) is 0 Å². The van der Waals surface area contributed by atoms with Crippen LogP contribution in [0, 0.1) is 13.8 Å². The molecule has 5 rings (SSSR count). The second-order valence-corrected chi connectivity index (χ2v) is 7.28. The van der Waals surface area contributed by atoms with E-state index in [1.54, 1.807) is 26.9 Å². The van der Waals surface area contributed by atoms with Gasteiger partial charge in [0.2, 0.25) is 0 Å². The first-order valence-corrected chi connectivity index (χ1v) is 9.43. The summed E-state index contributed by atoms with van der Waals surface area (Å²) in [6, 6.07) is 13.8. The SMILES string of the molecule is Cc1cc(C)n(-c2nncn2/N=C\c2ccc(-c3nc4ccccc4s3)o2)n1. The van der Waals surface area contributed by atoms with Crippen LogP contribution in [0.25, 0.3) is 26.9 Å². The van der Waals surface area contributed by atoms with E-state index in [0.29, 0.717) is 17.5 Å². The highest BCUT2D eigenvalue weighted by Crippen LogP contribution is 2.30. The number of furan rings is 1. The second kappa shape index (κ2) is 6.54. The molecule has 1 aromatic carbocycles. The average Bonchev–Trinajstić information content (AvgIpc) is 3.45. The number of thiazole rings is 1. The zero-order valence-corrected chi connectivity index (χ0v) is 16.0. The van der Waals surface area contributed by atoms with Gasteiger partial charge < -0.3 is 4.42 Å². The quantitative estimate of drug-likeness (QED) is 0.436. The summed E-state index contributed by atoms with van der Waals surface area (Å²) in [4.78, 5) is 4.62. The van der Waals surface area contributed by atoms with Crippen LogP contribution in [-0.4, -0.2) is 35.9 Å². The minimum atomic E-state index is 0.514. The summed E-state index contributed by atoms with van der Waals surface area (Å²) >= 11 is 1.60. The Morgan fingerprint density at radius 2 is 2.04 bits per heavy atom. The maximum absolute atomic E-state index is 5.89. The number of fused-ring (bicyclic) bond motifs is 1. The molecule has 5 aromatic rings. The monoisotopic (exact) mass is 389 g/mol. The Balaban J connectivity index is 1.43. The van der Waals surface area contributed by atoms with Crippen molar-refractivity contribution in [2.24, 2.45) is 5.10 Å². The van der Waals surface area contributed by atoms with E-state index in [2.05, 4.69) is 25.4 Å². The third-order valence-corrected chi connectivity index (χ3v) is 5.20. The van der Waals surface area contributed by atoms with Gasteiger partial charge in [-0.15, -0.1) is 21.5 Å². The molecule has 0 radical (unpaired) electrons. The number of para-hydroxylation sites is 1. The molecular weight excluding hydrogens is 374 g/mol. The van der Waals surface area contributed by atoms with E-state index in [1.165, 1.54) is 6.33 Å². The average molecular weight is 389 g/mol. The van der Waals surface area contributed by atoms with E-state index in [-0.39, 0.29) is 0 Å².